The second kappa shape index (κ2) is 6.57. The summed E-state index contributed by atoms with van der Waals surface area (Å²) < 4.78 is 5.60. The van der Waals surface area contributed by atoms with E-state index in [-0.39, 0.29) is 5.91 Å². The maximum Gasteiger partial charge on any atom is 0.234 e. The maximum atomic E-state index is 11.5. The summed E-state index contributed by atoms with van der Waals surface area (Å²) >= 11 is 0. The molecular formula is C15H22N2O2. The number of hydrogen-bond acceptors (Lipinski definition) is 3. The minimum absolute atomic E-state index is 0.0753. The first kappa shape index (κ1) is 13.9. The first-order valence-corrected chi connectivity index (χ1v) is 6.86. The van der Waals surface area contributed by atoms with E-state index in [0.717, 1.165) is 38.0 Å². The Morgan fingerprint density at radius 3 is 3.05 bits per heavy atom. The van der Waals surface area contributed by atoms with Gasteiger partial charge in [-0.2, -0.15) is 0 Å². The number of hydrogen-bond donors (Lipinski definition) is 1. The second-order valence-electron chi connectivity index (χ2n) is 5.18. The highest BCUT2D eigenvalue weighted by Gasteiger charge is 2.10. The Balaban J connectivity index is 1.81. The summed E-state index contributed by atoms with van der Waals surface area (Å²) in [7, 11) is 3.64. The summed E-state index contributed by atoms with van der Waals surface area (Å²) in [5, 5.41) is 1.68. The van der Waals surface area contributed by atoms with Crippen LogP contribution in [0.2, 0.25) is 0 Å². The molecule has 0 atom stereocenters. The molecule has 0 unspecified atom stereocenters. The van der Waals surface area contributed by atoms with Gasteiger partial charge in [-0.1, -0.05) is 12.1 Å². The van der Waals surface area contributed by atoms with Gasteiger partial charge >= 0.3 is 0 Å². The summed E-state index contributed by atoms with van der Waals surface area (Å²) in [4.78, 5) is 11.5. The van der Waals surface area contributed by atoms with Crippen LogP contribution in [0.25, 0.3) is 0 Å². The number of ether oxygens (including phenoxy) is 1. The van der Waals surface area contributed by atoms with E-state index >= 15 is 0 Å². The van der Waals surface area contributed by atoms with Crippen LogP contribution in [-0.2, 0) is 17.6 Å². The molecule has 1 aliphatic rings. The molecule has 0 bridgehead atoms. The number of amides is 1. The van der Waals surface area contributed by atoms with Gasteiger partial charge in [0.1, 0.15) is 5.75 Å². The molecule has 104 valence electrons. The highest BCUT2D eigenvalue weighted by atomic mass is 16.5. The van der Waals surface area contributed by atoms with Crippen LogP contribution in [0.4, 0.5) is 0 Å². The topological polar surface area (TPSA) is 41.6 Å². The predicted molar refractivity (Wildman–Crippen MR) is 75.0 cm³/mol. The predicted octanol–water partition coefficient (Wildman–Crippen LogP) is 1.93. The van der Waals surface area contributed by atoms with E-state index in [4.69, 9.17) is 4.74 Å². The number of nitrogens with zero attached hydrogens (tertiary/aromatic N) is 1. The molecule has 4 heteroatoms. The normalized spacial score (nSPS) is 13.8. The third-order valence-corrected chi connectivity index (χ3v) is 3.19. The molecule has 0 fully saturated rings. The van der Waals surface area contributed by atoms with Gasteiger partial charge in [0.25, 0.3) is 0 Å². The average molecular weight is 262 g/mol. The van der Waals surface area contributed by atoms with Crippen molar-refractivity contribution < 1.29 is 9.53 Å². The van der Waals surface area contributed by atoms with Gasteiger partial charge in [0.15, 0.2) is 0 Å². The lowest BCUT2D eigenvalue weighted by Gasteiger charge is -2.18. The largest absolute Gasteiger partial charge is 0.493 e. The molecule has 1 aromatic carbocycles. The van der Waals surface area contributed by atoms with Crippen molar-refractivity contribution in [1.82, 2.24) is 10.4 Å². The van der Waals surface area contributed by atoms with Crippen molar-refractivity contribution in [2.75, 3.05) is 20.7 Å². The van der Waals surface area contributed by atoms with E-state index in [1.54, 1.807) is 5.01 Å². The van der Waals surface area contributed by atoms with Gasteiger partial charge in [-0.3, -0.25) is 10.2 Å². The second-order valence-corrected chi connectivity index (χ2v) is 5.18. The van der Waals surface area contributed by atoms with Crippen LogP contribution >= 0.6 is 0 Å². The zero-order valence-electron chi connectivity index (χ0n) is 11.7. The zero-order chi connectivity index (χ0) is 13.7. The van der Waals surface area contributed by atoms with Crippen LogP contribution < -0.4 is 10.2 Å². The summed E-state index contributed by atoms with van der Waals surface area (Å²) in [6.45, 7) is 0.830. The van der Waals surface area contributed by atoms with Crippen LogP contribution in [0, 0.1) is 0 Å². The van der Waals surface area contributed by atoms with Gasteiger partial charge in [0, 0.05) is 20.5 Å². The highest BCUT2D eigenvalue weighted by Crippen LogP contribution is 2.26. The lowest BCUT2D eigenvalue weighted by molar-refractivity contribution is -0.124. The maximum absolute atomic E-state index is 11.5. The standard InChI is InChI=1S/C15H22N2O2/c1-17(2)16-15(18)7-3-5-12-8-9-14-13(11-12)6-4-10-19-14/h8-9,11H,3-7,10H2,1-2H3,(H,16,18). The molecule has 0 spiro atoms. The highest BCUT2D eigenvalue weighted by molar-refractivity contribution is 5.75. The van der Waals surface area contributed by atoms with Gasteiger partial charge in [0.2, 0.25) is 5.91 Å². The van der Waals surface area contributed by atoms with Crippen LogP contribution in [-0.4, -0.2) is 31.6 Å². The molecule has 1 aromatic rings. The van der Waals surface area contributed by atoms with Gasteiger partial charge in [-0.05, 0) is 42.9 Å². The molecule has 2 rings (SSSR count). The molecule has 4 nitrogen and oxygen atoms in total. The minimum Gasteiger partial charge on any atom is -0.493 e. The van der Waals surface area contributed by atoms with Crippen LogP contribution in [0.15, 0.2) is 18.2 Å². The minimum atomic E-state index is 0.0753. The molecule has 0 aliphatic carbocycles. The molecule has 0 saturated carbocycles. The number of benzene rings is 1. The Bertz CT molecular complexity index is 444. The molecule has 19 heavy (non-hydrogen) atoms. The molecule has 0 radical (unpaired) electrons. The average Bonchev–Trinajstić information content (AvgIpc) is 2.37. The van der Waals surface area contributed by atoms with Gasteiger partial charge in [-0.15, -0.1) is 0 Å². The van der Waals surface area contributed by atoms with Crippen molar-refractivity contribution in [3.63, 3.8) is 0 Å². The lowest BCUT2D eigenvalue weighted by Crippen LogP contribution is -2.35. The van der Waals surface area contributed by atoms with Crippen molar-refractivity contribution >= 4 is 5.91 Å². The van der Waals surface area contributed by atoms with Crippen molar-refractivity contribution in [3.05, 3.63) is 29.3 Å². The monoisotopic (exact) mass is 262 g/mol. The Hall–Kier alpha value is -1.55. The van der Waals surface area contributed by atoms with Crippen molar-refractivity contribution in [2.24, 2.45) is 0 Å². The van der Waals surface area contributed by atoms with Crippen LogP contribution in [0.3, 0.4) is 0 Å². The third-order valence-electron chi connectivity index (χ3n) is 3.19. The Morgan fingerprint density at radius 1 is 1.42 bits per heavy atom. The van der Waals surface area contributed by atoms with E-state index in [1.165, 1.54) is 11.1 Å². The van der Waals surface area contributed by atoms with E-state index in [1.807, 2.05) is 14.1 Å². The summed E-state index contributed by atoms with van der Waals surface area (Å²) in [6, 6.07) is 6.38. The Kier molecular flexibility index (Phi) is 4.80. The molecule has 0 saturated heterocycles. The van der Waals surface area contributed by atoms with Crippen molar-refractivity contribution in [1.29, 1.82) is 0 Å². The van der Waals surface area contributed by atoms with E-state index < -0.39 is 0 Å². The number of aryl methyl sites for hydroxylation is 2. The Morgan fingerprint density at radius 2 is 2.26 bits per heavy atom. The summed E-state index contributed by atoms with van der Waals surface area (Å²) in [6.07, 6.45) is 4.57. The molecule has 0 aromatic heterocycles. The fraction of sp³-hybridized carbons (Fsp3) is 0.533. The number of hydrazine groups is 1. The third kappa shape index (κ3) is 4.24. The fourth-order valence-corrected chi connectivity index (χ4v) is 2.33. The first-order valence-electron chi connectivity index (χ1n) is 6.86. The fourth-order valence-electron chi connectivity index (χ4n) is 2.33. The van der Waals surface area contributed by atoms with E-state index in [0.29, 0.717) is 6.42 Å². The van der Waals surface area contributed by atoms with Gasteiger partial charge in [0.05, 0.1) is 6.61 Å². The van der Waals surface area contributed by atoms with E-state index in [2.05, 4.69) is 23.6 Å². The zero-order valence-corrected chi connectivity index (χ0v) is 11.7. The smallest absolute Gasteiger partial charge is 0.234 e. The number of rotatable bonds is 5. The van der Waals surface area contributed by atoms with Gasteiger partial charge in [-0.25, -0.2) is 5.01 Å². The van der Waals surface area contributed by atoms with Crippen molar-refractivity contribution in [2.45, 2.75) is 32.1 Å². The van der Waals surface area contributed by atoms with Crippen LogP contribution in [0.5, 0.6) is 5.75 Å². The molecule has 1 N–H and O–H groups in total. The summed E-state index contributed by atoms with van der Waals surface area (Å²) in [5.74, 6) is 1.10. The Labute approximate surface area is 114 Å². The summed E-state index contributed by atoms with van der Waals surface area (Å²) in [5.41, 5.74) is 5.35. The molecule has 1 amide bonds. The number of carbonyl (C=O) groups excluding carboxylic acids is 1. The molecule has 1 aliphatic heterocycles. The van der Waals surface area contributed by atoms with Crippen LogP contribution in [0.1, 0.15) is 30.4 Å². The van der Waals surface area contributed by atoms with E-state index in [9.17, 15) is 4.79 Å². The van der Waals surface area contributed by atoms with Crippen molar-refractivity contribution in [3.8, 4) is 5.75 Å². The lowest BCUT2D eigenvalue weighted by atomic mass is 10.0. The molecule has 1 heterocycles. The first-order chi connectivity index (χ1) is 9.15. The number of carbonyl (C=O) groups is 1. The number of nitrogens with one attached hydrogen (secondary N) is 1. The van der Waals surface area contributed by atoms with Gasteiger partial charge < -0.3 is 4.74 Å². The number of fused-ring (bicyclic) bond motifs is 1. The quantitative estimate of drug-likeness (QED) is 0.824. The SMILES string of the molecule is CN(C)NC(=O)CCCc1ccc2c(c1)CCCO2. The molecular weight excluding hydrogens is 240 g/mol.